The Kier molecular flexibility index (Phi) is 4.77. The third-order valence-electron chi connectivity index (χ3n) is 2.86. The molecule has 0 radical (unpaired) electrons. The summed E-state index contributed by atoms with van der Waals surface area (Å²) in [5.74, 6) is 1.72. The third kappa shape index (κ3) is 3.91. The summed E-state index contributed by atoms with van der Waals surface area (Å²) in [4.78, 5) is 17.8. The van der Waals surface area contributed by atoms with Crippen LogP contribution in [0.25, 0.3) is 0 Å². The summed E-state index contributed by atoms with van der Waals surface area (Å²) >= 11 is 1.52. The summed E-state index contributed by atoms with van der Waals surface area (Å²) in [6.45, 7) is 11.3. The molecule has 0 aromatic carbocycles. The molecule has 0 unspecified atom stereocenters. The fraction of sp³-hybridized carbons (Fsp3) is 0.467. The molecule has 0 spiro atoms. The Bertz CT molecular complexity index is 607. The van der Waals surface area contributed by atoms with E-state index in [1.54, 1.807) is 18.6 Å². The van der Waals surface area contributed by atoms with Crippen molar-refractivity contribution in [2.24, 2.45) is 0 Å². The molecule has 5 nitrogen and oxygen atoms in total. The summed E-state index contributed by atoms with van der Waals surface area (Å²) in [5.41, 5.74) is 0.940. The Morgan fingerprint density at radius 1 is 1.19 bits per heavy atom. The van der Waals surface area contributed by atoms with Crippen molar-refractivity contribution < 1.29 is 0 Å². The van der Waals surface area contributed by atoms with Crippen LogP contribution in [0.5, 0.6) is 0 Å². The minimum atomic E-state index is -0.102. The largest absolute Gasteiger partial charge is 0.370 e. The van der Waals surface area contributed by atoms with Gasteiger partial charge in [-0.25, -0.2) is 15.0 Å². The Hall–Kier alpha value is -1.69. The first-order chi connectivity index (χ1) is 9.91. The molecule has 0 saturated heterocycles. The molecule has 1 N–H and O–H groups in total. The van der Waals surface area contributed by atoms with Gasteiger partial charge in [-0.2, -0.15) is 0 Å². The van der Waals surface area contributed by atoms with Gasteiger partial charge in [0.2, 0.25) is 0 Å². The number of nitrogens with one attached hydrogen (secondary N) is 1. The fourth-order valence-corrected chi connectivity index (χ4v) is 2.51. The van der Waals surface area contributed by atoms with E-state index in [-0.39, 0.29) is 5.41 Å². The monoisotopic (exact) mass is 303 g/mol. The lowest BCUT2D eigenvalue weighted by atomic mass is 9.95. The lowest BCUT2D eigenvalue weighted by Gasteiger charge is -2.20. The summed E-state index contributed by atoms with van der Waals surface area (Å²) in [6, 6.07) is 0. The van der Waals surface area contributed by atoms with Crippen molar-refractivity contribution in [3.8, 4) is 0 Å². The van der Waals surface area contributed by atoms with Crippen LogP contribution >= 0.6 is 11.8 Å². The molecule has 2 rings (SSSR count). The molecule has 21 heavy (non-hydrogen) atoms. The Labute approximate surface area is 130 Å². The first-order valence-electron chi connectivity index (χ1n) is 6.98. The predicted octanol–water partition coefficient (Wildman–Crippen LogP) is 3.46. The molecule has 0 bridgehead atoms. The van der Waals surface area contributed by atoms with Crippen LogP contribution in [0.2, 0.25) is 0 Å². The molecule has 0 fully saturated rings. The highest BCUT2D eigenvalue weighted by Crippen LogP contribution is 2.32. The van der Waals surface area contributed by atoms with Crippen molar-refractivity contribution in [3.63, 3.8) is 0 Å². The van der Waals surface area contributed by atoms with Gasteiger partial charge in [0, 0.05) is 29.9 Å². The molecule has 0 aliphatic rings. The summed E-state index contributed by atoms with van der Waals surface area (Å²) in [5, 5.41) is 5.07. The van der Waals surface area contributed by atoms with Crippen molar-refractivity contribution in [2.75, 3.05) is 11.9 Å². The van der Waals surface area contributed by atoms with E-state index in [0.717, 1.165) is 33.8 Å². The van der Waals surface area contributed by atoms with Gasteiger partial charge in [-0.05, 0) is 25.6 Å². The first kappa shape index (κ1) is 15.7. The maximum Gasteiger partial charge on any atom is 0.137 e. The van der Waals surface area contributed by atoms with E-state index in [1.807, 2.05) is 6.92 Å². The Balaban J connectivity index is 2.45. The molecule has 2 aromatic heterocycles. The standard InChI is InChI=1S/C15H21N5S/c1-6-17-12-10(2)13(20-14(19-12)15(3,4)5)21-11-9-16-7-8-18-11/h7-9H,6H2,1-5H3,(H,17,19,20). The van der Waals surface area contributed by atoms with Crippen LogP contribution in [0.1, 0.15) is 39.1 Å². The molecule has 0 aliphatic heterocycles. The maximum absolute atomic E-state index is 4.73. The van der Waals surface area contributed by atoms with Gasteiger partial charge < -0.3 is 5.32 Å². The van der Waals surface area contributed by atoms with Gasteiger partial charge in [0.05, 0.1) is 6.20 Å². The van der Waals surface area contributed by atoms with Crippen molar-refractivity contribution >= 4 is 17.6 Å². The van der Waals surface area contributed by atoms with Gasteiger partial charge in [-0.3, -0.25) is 4.98 Å². The highest BCUT2D eigenvalue weighted by Gasteiger charge is 2.21. The number of anilines is 1. The van der Waals surface area contributed by atoms with Crippen LogP contribution in [-0.4, -0.2) is 26.5 Å². The second kappa shape index (κ2) is 6.39. The second-order valence-electron chi connectivity index (χ2n) is 5.75. The van der Waals surface area contributed by atoms with E-state index >= 15 is 0 Å². The van der Waals surface area contributed by atoms with Gasteiger partial charge >= 0.3 is 0 Å². The minimum Gasteiger partial charge on any atom is -0.370 e. The topological polar surface area (TPSA) is 63.6 Å². The maximum atomic E-state index is 4.73. The van der Waals surface area contributed by atoms with Gasteiger partial charge in [-0.15, -0.1) is 0 Å². The fourth-order valence-electron chi connectivity index (χ4n) is 1.71. The summed E-state index contributed by atoms with van der Waals surface area (Å²) < 4.78 is 0. The van der Waals surface area contributed by atoms with Crippen molar-refractivity contribution in [2.45, 2.75) is 50.1 Å². The van der Waals surface area contributed by atoms with E-state index in [1.165, 1.54) is 11.8 Å². The quantitative estimate of drug-likeness (QED) is 0.873. The highest BCUT2D eigenvalue weighted by molar-refractivity contribution is 7.99. The average molecular weight is 303 g/mol. The van der Waals surface area contributed by atoms with Gasteiger partial charge in [0.25, 0.3) is 0 Å². The van der Waals surface area contributed by atoms with Crippen LogP contribution in [0.4, 0.5) is 5.82 Å². The zero-order valence-corrected chi connectivity index (χ0v) is 14.0. The van der Waals surface area contributed by atoms with Crippen LogP contribution < -0.4 is 5.32 Å². The van der Waals surface area contributed by atoms with E-state index in [4.69, 9.17) is 4.98 Å². The highest BCUT2D eigenvalue weighted by atomic mass is 32.2. The molecule has 0 aliphatic carbocycles. The zero-order chi connectivity index (χ0) is 15.5. The van der Waals surface area contributed by atoms with Crippen LogP contribution in [-0.2, 0) is 5.41 Å². The van der Waals surface area contributed by atoms with Crippen LogP contribution in [0.3, 0.4) is 0 Å². The van der Waals surface area contributed by atoms with E-state index in [9.17, 15) is 0 Å². The zero-order valence-electron chi connectivity index (χ0n) is 13.1. The Morgan fingerprint density at radius 2 is 1.95 bits per heavy atom. The van der Waals surface area contributed by atoms with Gasteiger partial charge in [0.1, 0.15) is 21.7 Å². The smallest absolute Gasteiger partial charge is 0.137 e. The predicted molar refractivity (Wildman–Crippen MR) is 85.8 cm³/mol. The van der Waals surface area contributed by atoms with Crippen LogP contribution in [0.15, 0.2) is 28.6 Å². The molecule has 2 heterocycles. The average Bonchev–Trinajstić information content (AvgIpc) is 2.43. The van der Waals surface area contributed by atoms with Crippen molar-refractivity contribution in [1.82, 2.24) is 19.9 Å². The molecular formula is C15H21N5S. The van der Waals surface area contributed by atoms with Crippen molar-refractivity contribution in [1.29, 1.82) is 0 Å². The number of aromatic nitrogens is 4. The van der Waals surface area contributed by atoms with E-state index in [2.05, 4.69) is 48.0 Å². The first-order valence-corrected chi connectivity index (χ1v) is 7.80. The van der Waals surface area contributed by atoms with Crippen molar-refractivity contribution in [3.05, 3.63) is 30.0 Å². The number of rotatable bonds is 4. The molecule has 0 atom stereocenters. The molecule has 2 aromatic rings. The minimum absolute atomic E-state index is 0.102. The van der Waals surface area contributed by atoms with Crippen LogP contribution in [0, 0.1) is 6.92 Å². The summed E-state index contributed by atoms with van der Waals surface area (Å²) in [7, 11) is 0. The van der Waals surface area contributed by atoms with E-state index < -0.39 is 0 Å². The lowest BCUT2D eigenvalue weighted by molar-refractivity contribution is 0.538. The summed E-state index contributed by atoms with van der Waals surface area (Å²) in [6.07, 6.45) is 5.10. The Morgan fingerprint density at radius 3 is 2.52 bits per heavy atom. The van der Waals surface area contributed by atoms with Gasteiger partial charge in [0.15, 0.2) is 0 Å². The number of hydrogen-bond donors (Lipinski definition) is 1. The third-order valence-corrected chi connectivity index (χ3v) is 3.87. The molecular weight excluding hydrogens is 282 g/mol. The molecule has 112 valence electrons. The second-order valence-corrected chi connectivity index (χ2v) is 6.76. The van der Waals surface area contributed by atoms with Gasteiger partial charge in [-0.1, -0.05) is 20.8 Å². The lowest BCUT2D eigenvalue weighted by Crippen LogP contribution is -2.18. The normalized spacial score (nSPS) is 11.5. The van der Waals surface area contributed by atoms with E-state index in [0.29, 0.717) is 0 Å². The number of nitrogens with zero attached hydrogens (tertiary/aromatic N) is 4. The SMILES string of the molecule is CCNc1nc(C(C)(C)C)nc(Sc2cnccn2)c1C. The molecule has 6 heteroatoms. The molecule has 0 amide bonds. The number of hydrogen-bond acceptors (Lipinski definition) is 6. The molecule has 0 saturated carbocycles.